The topological polar surface area (TPSA) is 47.4 Å². The predicted octanol–water partition coefficient (Wildman–Crippen LogP) is 4.55. The van der Waals surface area contributed by atoms with E-state index in [1.165, 1.54) is 0 Å². The number of benzene rings is 1. The van der Waals surface area contributed by atoms with Crippen molar-refractivity contribution in [2.75, 3.05) is 7.11 Å². The van der Waals surface area contributed by atoms with Gasteiger partial charge in [-0.1, -0.05) is 12.1 Å². The number of hydrogen-bond donors (Lipinski definition) is 0. The first-order valence-corrected chi connectivity index (χ1v) is 9.45. The number of nitrogens with zero attached hydrogens (tertiary/aromatic N) is 3. The predicted molar refractivity (Wildman–Crippen MR) is 111 cm³/mol. The molecule has 0 unspecified atom stereocenters. The molecule has 0 spiro atoms. The summed E-state index contributed by atoms with van der Waals surface area (Å²) in [5.74, 6) is 0.819. The third-order valence-electron chi connectivity index (χ3n) is 4.93. The Balaban J connectivity index is 1.97. The molecule has 2 heterocycles. The Hall–Kier alpha value is -3.08. The SMILES string of the molecule is COc1cccc(-n2c(C)cc(C(=O)N(Cc3cccnc3)C(C)C)c2C)c1. The van der Waals surface area contributed by atoms with E-state index in [0.717, 1.165) is 34.0 Å². The molecule has 0 N–H and O–H groups in total. The molecule has 0 atom stereocenters. The minimum Gasteiger partial charge on any atom is -0.497 e. The standard InChI is InChI=1S/C23H27N3O2/c1-16(2)25(15-19-8-7-11-24-14-19)23(27)22-12-17(3)26(18(22)4)20-9-6-10-21(13-20)28-5/h6-14,16H,15H2,1-5H3. The lowest BCUT2D eigenvalue weighted by Gasteiger charge is -2.27. The fourth-order valence-electron chi connectivity index (χ4n) is 3.46. The molecular formula is C23H27N3O2. The second kappa shape index (κ2) is 8.30. The Labute approximate surface area is 166 Å². The molecule has 0 saturated carbocycles. The molecule has 3 rings (SSSR count). The largest absolute Gasteiger partial charge is 0.497 e. The summed E-state index contributed by atoms with van der Waals surface area (Å²) in [4.78, 5) is 19.4. The molecule has 0 bridgehead atoms. The van der Waals surface area contributed by atoms with Crippen LogP contribution < -0.4 is 4.74 Å². The number of aromatic nitrogens is 2. The van der Waals surface area contributed by atoms with Crippen LogP contribution in [0.25, 0.3) is 5.69 Å². The lowest BCUT2D eigenvalue weighted by atomic mass is 10.1. The lowest BCUT2D eigenvalue weighted by Crippen LogP contribution is -2.36. The van der Waals surface area contributed by atoms with Gasteiger partial charge < -0.3 is 14.2 Å². The van der Waals surface area contributed by atoms with Crippen LogP contribution in [0, 0.1) is 13.8 Å². The van der Waals surface area contributed by atoms with Crippen molar-refractivity contribution >= 4 is 5.91 Å². The number of amides is 1. The zero-order valence-corrected chi connectivity index (χ0v) is 17.1. The molecule has 5 nitrogen and oxygen atoms in total. The van der Waals surface area contributed by atoms with Gasteiger partial charge in [0, 0.05) is 48.1 Å². The number of hydrogen-bond acceptors (Lipinski definition) is 3. The number of aryl methyl sites for hydroxylation is 1. The zero-order chi connectivity index (χ0) is 20.3. The summed E-state index contributed by atoms with van der Waals surface area (Å²) in [5, 5.41) is 0. The first-order chi connectivity index (χ1) is 13.4. The van der Waals surface area contributed by atoms with Gasteiger partial charge in [0.25, 0.3) is 5.91 Å². The molecule has 0 aliphatic heterocycles. The molecule has 0 aliphatic carbocycles. The summed E-state index contributed by atoms with van der Waals surface area (Å²) in [5.41, 5.74) is 4.66. The Morgan fingerprint density at radius 3 is 2.61 bits per heavy atom. The van der Waals surface area contributed by atoms with Gasteiger partial charge in [0.1, 0.15) is 5.75 Å². The molecule has 3 aromatic rings. The highest BCUT2D eigenvalue weighted by atomic mass is 16.5. The molecule has 28 heavy (non-hydrogen) atoms. The third kappa shape index (κ3) is 3.93. The number of methoxy groups -OCH3 is 1. The van der Waals surface area contributed by atoms with E-state index >= 15 is 0 Å². The smallest absolute Gasteiger partial charge is 0.256 e. The molecular weight excluding hydrogens is 350 g/mol. The second-order valence-electron chi connectivity index (χ2n) is 7.21. The van der Waals surface area contributed by atoms with Gasteiger partial charge in [-0.05, 0) is 57.5 Å². The van der Waals surface area contributed by atoms with E-state index in [4.69, 9.17) is 4.74 Å². The number of carbonyl (C=O) groups is 1. The Morgan fingerprint density at radius 1 is 1.18 bits per heavy atom. The van der Waals surface area contributed by atoms with Crippen LogP contribution in [0.15, 0.2) is 54.9 Å². The maximum absolute atomic E-state index is 13.4. The Bertz CT molecular complexity index is 961. The fraction of sp³-hybridized carbons (Fsp3) is 0.304. The fourth-order valence-corrected chi connectivity index (χ4v) is 3.46. The Morgan fingerprint density at radius 2 is 1.96 bits per heavy atom. The third-order valence-corrected chi connectivity index (χ3v) is 4.93. The van der Waals surface area contributed by atoms with Crippen LogP contribution in [0.1, 0.15) is 41.2 Å². The van der Waals surface area contributed by atoms with Crippen LogP contribution in [0.3, 0.4) is 0 Å². The molecule has 2 aromatic heterocycles. The summed E-state index contributed by atoms with van der Waals surface area (Å²) in [6.45, 7) is 8.62. The van der Waals surface area contributed by atoms with Crippen LogP contribution >= 0.6 is 0 Å². The average molecular weight is 377 g/mol. The minimum atomic E-state index is 0.0288. The van der Waals surface area contributed by atoms with E-state index in [0.29, 0.717) is 6.54 Å². The minimum absolute atomic E-state index is 0.0288. The van der Waals surface area contributed by atoms with E-state index in [1.807, 2.05) is 81.3 Å². The maximum Gasteiger partial charge on any atom is 0.256 e. The molecule has 0 aliphatic rings. The quantitative estimate of drug-likeness (QED) is 0.633. The zero-order valence-electron chi connectivity index (χ0n) is 17.1. The van der Waals surface area contributed by atoms with Crippen LogP contribution in [0.2, 0.25) is 0 Å². The first-order valence-electron chi connectivity index (χ1n) is 9.45. The van der Waals surface area contributed by atoms with Gasteiger partial charge in [0.05, 0.1) is 12.7 Å². The van der Waals surface area contributed by atoms with Gasteiger partial charge in [-0.3, -0.25) is 9.78 Å². The molecule has 146 valence electrons. The van der Waals surface area contributed by atoms with Gasteiger partial charge in [0.15, 0.2) is 0 Å². The summed E-state index contributed by atoms with van der Waals surface area (Å²) in [6, 6.07) is 13.8. The van der Waals surface area contributed by atoms with Gasteiger partial charge >= 0.3 is 0 Å². The summed E-state index contributed by atoms with van der Waals surface area (Å²) in [7, 11) is 1.66. The highest BCUT2D eigenvalue weighted by molar-refractivity contribution is 5.96. The second-order valence-corrected chi connectivity index (χ2v) is 7.21. The highest BCUT2D eigenvalue weighted by Crippen LogP contribution is 2.25. The van der Waals surface area contributed by atoms with E-state index in [-0.39, 0.29) is 11.9 Å². The molecule has 0 fully saturated rings. The van der Waals surface area contributed by atoms with Crippen molar-refractivity contribution in [3.05, 3.63) is 77.4 Å². The van der Waals surface area contributed by atoms with Crippen molar-refractivity contribution in [3.63, 3.8) is 0 Å². The number of ether oxygens (including phenoxy) is 1. The van der Waals surface area contributed by atoms with Crippen LogP contribution in [-0.2, 0) is 6.54 Å². The van der Waals surface area contributed by atoms with Crippen molar-refractivity contribution in [1.29, 1.82) is 0 Å². The maximum atomic E-state index is 13.4. The molecule has 0 saturated heterocycles. The van der Waals surface area contributed by atoms with Crippen molar-refractivity contribution in [3.8, 4) is 11.4 Å². The van der Waals surface area contributed by atoms with Crippen molar-refractivity contribution in [1.82, 2.24) is 14.5 Å². The van der Waals surface area contributed by atoms with Gasteiger partial charge in [0.2, 0.25) is 0 Å². The van der Waals surface area contributed by atoms with Gasteiger partial charge in [-0.25, -0.2) is 0 Å². The van der Waals surface area contributed by atoms with Crippen molar-refractivity contribution in [2.24, 2.45) is 0 Å². The Kier molecular flexibility index (Phi) is 5.83. The molecule has 0 radical (unpaired) electrons. The number of carbonyl (C=O) groups excluding carboxylic acids is 1. The van der Waals surface area contributed by atoms with Crippen molar-refractivity contribution < 1.29 is 9.53 Å². The van der Waals surface area contributed by atoms with Crippen LogP contribution in [-0.4, -0.2) is 33.5 Å². The van der Waals surface area contributed by atoms with E-state index in [2.05, 4.69) is 9.55 Å². The number of pyridine rings is 1. The van der Waals surface area contributed by atoms with E-state index in [9.17, 15) is 4.79 Å². The van der Waals surface area contributed by atoms with E-state index < -0.39 is 0 Å². The monoisotopic (exact) mass is 377 g/mol. The highest BCUT2D eigenvalue weighted by Gasteiger charge is 2.24. The summed E-state index contributed by atoms with van der Waals surface area (Å²) < 4.78 is 7.45. The molecule has 5 heteroatoms. The van der Waals surface area contributed by atoms with Gasteiger partial charge in [-0.2, -0.15) is 0 Å². The molecule has 1 amide bonds. The van der Waals surface area contributed by atoms with E-state index in [1.54, 1.807) is 13.3 Å². The van der Waals surface area contributed by atoms with Crippen LogP contribution in [0.4, 0.5) is 0 Å². The average Bonchev–Trinajstić information content (AvgIpc) is 3.00. The first kappa shape index (κ1) is 19.7. The molecule has 1 aromatic carbocycles. The lowest BCUT2D eigenvalue weighted by molar-refractivity contribution is 0.0689. The van der Waals surface area contributed by atoms with Crippen molar-refractivity contribution in [2.45, 2.75) is 40.3 Å². The number of rotatable bonds is 6. The van der Waals surface area contributed by atoms with Gasteiger partial charge in [-0.15, -0.1) is 0 Å². The van der Waals surface area contributed by atoms with Crippen LogP contribution in [0.5, 0.6) is 5.75 Å². The normalized spacial score (nSPS) is 10.9. The summed E-state index contributed by atoms with van der Waals surface area (Å²) >= 11 is 0. The summed E-state index contributed by atoms with van der Waals surface area (Å²) in [6.07, 6.45) is 3.55.